The molecule has 84 valence electrons. The number of allylic oxidation sites excluding steroid dienone is 1. The van der Waals surface area contributed by atoms with Crippen LogP contribution < -0.4 is 0 Å². The highest BCUT2D eigenvalue weighted by Gasteiger charge is 2.21. The van der Waals surface area contributed by atoms with Crippen LogP contribution in [-0.4, -0.2) is 27.0 Å². The number of hydrogen-bond donors (Lipinski definition) is 0. The van der Waals surface area contributed by atoms with Crippen LogP contribution in [0, 0.1) is 0 Å². The van der Waals surface area contributed by atoms with Gasteiger partial charge in [-0.2, -0.15) is 21.1 Å². The fourth-order valence-corrected chi connectivity index (χ4v) is 5.31. The Morgan fingerprint density at radius 3 is 2.07 bits per heavy atom. The molecule has 0 aromatic carbocycles. The Kier molecular flexibility index (Phi) is 8.37. The van der Waals surface area contributed by atoms with Gasteiger partial charge in [0.15, 0.2) is 6.79 Å². The molecule has 0 saturated carbocycles. The summed E-state index contributed by atoms with van der Waals surface area (Å²) >= 11 is -1.28. The second kappa shape index (κ2) is 8.35. The summed E-state index contributed by atoms with van der Waals surface area (Å²) in [5, 5.41) is 5.46. The lowest BCUT2D eigenvalue weighted by molar-refractivity contribution is 0.0197. The molecule has 2 nitrogen and oxygen atoms in total. The van der Waals surface area contributed by atoms with Crippen LogP contribution in [0.2, 0.25) is 21.1 Å². The van der Waals surface area contributed by atoms with E-state index in [-0.39, 0.29) is 0 Å². The topological polar surface area (TPSA) is 18.5 Å². The van der Waals surface area contributed by atoms with Crippen molar-refractivity contribution in [3.8, 4) is 0 Å². The molecule has 0 heterocycles. The van der Waals surface area contributed by atoms with Crippen molar-refractivity contribution in [3.63, 3.8) is 0 Å². The third-order valence-electron chi connectivity index (χ3n) is 3.61. The summed E-state index contributed by atoms with van der Waals surface area (Å²) in [5.74, 6) is 0. The Balaban J connectivity index is 3.86. The van der Waals surface area contributed by atoms with Crippen molar-refractivity contribution in [2.24, 2.45) is 0 Å². The minimum atomic E-state index is -1.28. The fourth-order valence-electron chi connectivity index (χ4n) is 1.89. The molecule has 0 N–H and O–H groups in total. The molecule has 0 fully saturated rings. The second-order valence-electron chi connectivity index (χ2n) is 4.14. The highest BCUT2D eigenvalue weighted by molar-refractivity contribution is 6.80. The Morgan fingerprint density at radius 1 is 1.07 bits per heavy atom. The Bertz CT molecular complexity index is 145. The molecule has 0 aliphatic rings. The van der Waals surface area contributed by atoms with Gasteiger partial charge in [0.2, 0.25) is 0 Å². The monoisotopic (exact) mass is 215 g/mol. The summed E-state index contributed by atoms with van der Waals surface area (Å²) in [6.45, 7) is 7.36. The van der Waals surface area contributed by atoms with Crippen molar-refractivity contribution < 1.29 is 9.47 Å². The quantitative estimate of drug-likeness (QED) is 0.266. The average molecular weight is 215 g/mol. The molecule has 0 aliphatic heterocycles. The van der Waals surface area contributed by atoms with Gasteiger partial charge < -0.3 is 9.47 Å². The molecular formula is C11H24AlO2-. The normalized spacial score (nSPS) is 12.3. The van der Waals surface area contributed by atoms with Crippen molar-refractivity contribution in [1.29, 1.82) is 0 Å². The first kappa shape index (κ1) is 14.0. The van der Waals surface area contributed by atoms with E-state index in [1.54, 1.807) is 13.4 Å². The van der Waals surface area contributed by atoms with Crippen molar-refractivity contribution >= 4 is 13.1 Å². The third-order valence-corrected chi connectivity index (χ3v) is 10.1. The van der Waals surface area contributed by atoms with Crippen LogP contribution >= 0.6 is 0 Å². The summed E-state index contributed by atoms with van der Waals surface area (Å²) in [7, 11) is 1.64. The molecule has 3 heteroatoms. The number of ether oxygens (including phenoxy) is 2. The smallest absolute Gasteiger partial charge is 0.187 e. The lowest BCUT2D eigenvalue weighted by Crippen LogP contribution is -2.29. The molecule has 0 aromatic heterocycles. The van der Waals surface area contributed by atoms with E-state index in [0.29, 0.717) is 6.79 Å². The Morgan fingerprint density at radius 2 is 1.64 bits per heavy atom. The van der Waals surface area contributed by atoms with Crippen molar-refractivity contribution in [3.05, 3.63) is 12.3 Å². The van der Waals surface area contributed by atoms with Crippen molar-refractivity contribution in [2.45, 2.75) is 41.9 Å². The van der Waals surface area contributed by atoms with Crippen molar-refractivity contribution in [1.82, 2.24) is 0 Å². The van der Waals surface area contributed by atoms with Crippen LogP contribution in [0.25, 0.3) is 0 Å². The molecule has 0 unspecified atom stereocenters. The molecule has 14 heavy (non-hydrogen) atoms. The van der Waals surface area contributed by atoms with Gasteiger partial charge in [-0.3, -0.25) is 0 Å². The number of methoxy groups -OCH3 is 1. The van der Waals surface area contributed by atoms with Crippen molar-refractivity contribution in [2.75, 3.05) is 13.9 Å². The minimum Gasteiger partial charge on any atom is -0.476 e. The zero-order valence-corrected chi connectivity index (χ0v) is 11.2. The van der Waals surface area contributed by atoms with E-state index < -0.39 is 13.1 Å². The Hall–Kier alpha value is 0.0325. The lowest BCUT2D eigenvalue weighted by atomic mass is 10.7. The summed E-state index contributed by atoms with van der Waals surface area (Å²) in [4.78, 5) is 0. The summed E-state index contributed by atoms with van der Waals surface area (Å²) in [6, 6.07) is 0. The second-order valence-corrected chi connectivity index (χ2v) is 10.5. The maximum Gasteiger partial charge on any atom is 0.187 e. The minimum absolute atomic E-state index is 0.360. The summed E-state index contributed by atoms with van der Waals surface area (Å²) in [6.07, 6.45) is 3.97. The van der Waals surface area contributed by atoms with Gasteiger partial charge in [-0.1, -0.05) is 6.08 Å². The first-order chi connectivity index (χ1) is 6.74. The van der Waals surface area contributed by atoms with Crippen LogP contribution in [-0.2, 0) is 9.47 Å². The van der Waals surface area contributed by atoms with Crippen LogP contribution in [0.1, 0.15) is 20.8 Å². The molecule has 0 aliphatic carbocycles. The molecular weight excluding hydrogens is 191 g/mol. The van der Waals surface area contributed by atoms with Gasteiger partial charge in [-0.15, -0.1) is 20.8 Å². The number of hydrogen-bond acceptors (Lipinski definition) is 2. The van der Waals surface area contributed by atoms with Gasteiger partial charge in [0.1, 0.15) is 13.1 Å². The Labute approximate surface area is 91.0 Å². The number of rotatable bonds is 8. The van der Waals surface area contributed by atoms with E-state index in [9.17, 15) is 0 Å². The standard InChI is InChI=1S/C5H9O2.3C2H5.Al/c1-3-4-7-5-6-2;3*1-2;/h3-4H,1,5H2,2H3;3*1H2,2H3;/q;;;;-1/b4-3+;;;;. The first-order valence-electron chi connectivity index (χ1n) is 5.72. The first-order valence-corrected chi connectivity index (χ1v) is 8.98. The van der Waals surface area contributed by atoms with Gasteiger partial charge in [0, 0.05) is 7.11 Å². The van der Waals surface area contributed by atoms with Crippen LogP contribution in [0.5, 0.6) is 0 Å². The zero-order valence-electron chi connectivity index (χ0n) is 10.1. The predicted octanol–water partition coefficient (Wildman–Crippen LogP) is 3.63. The molecule has 0 rings (SSSR count). The lowest BCUT2D eigenvalue weighted by Gasteiger charge is -2.30. The molecule has 0 amide bonds. The third kappa shape index (κ3) is 5.05. The SMILES string of the molecule is C[CH2][Al-]([CH2]C)([CH2]C)[CH2]/C=C/OCOC. The maximum absolute atomic E-state index is 5.14. The molecule has 0 saturated heterocycles. The highest BCUT2D eigenvalue weighted by Crippen LogP contribution is 2.25. The van der Waals surface area contributed by atoms with Gasteiger partial charge in [-0.25, -0.2) is 0 Å². The molecule has 0 atom stereocenters. The van der Waals surface area contributed by atoms with Gasteiger partial charge in [0.05, 0.1) is 6.26 Å². The highest BCUT2D eigenvalue weighted by atomic mass is 27.2. The molecule has 0 radical (unpaired) electrons. The van der Waals surface area contributed by atoms with E-state index in [1.165, 1.54) is 21.1 Å². The van der Waals surface area contributed by atoms with Gasteiger partial charge >= 0.3 is 0 Å². The van der Waals surface area contributed by atoms with E-state index in [1.807, 2.05) is 0 Å². The van der Waals surface area contributed by atoms with E-state index >= 15 is 0 Å². The molecule has 0 bridgehead atoms. The fraction of sp³-hybridized carbons (Fsp3) is 0.818. The zero-order chi connectivity index (χ0) is 10.9. The van der Waals surface area contributed by atoms with E-state index in [2.05, 4.69) is 26.8 Å². The molecule has 0 spiro atoms. The van der Waals surface area contributed by atoms with E-state index in [0.717, 1.165) is 0 Å². The van der Waals surface area contributed by atoms with E-state index in [4.69, 9.17) is 9.47 Å². The average Bonchev–Trinajstić information content (AvgIpc) is 2.24. The summed E-state index contributed by atoms with van der Waals surface area (Å²) in [5.41, 5.74) is 0. The largest absolute Gasteiger partial charge is 0.476 e. The van der Waals surface area contributed by atoms with Crippen LogP contribution in [0.3, 0.4) is 0 Å². The predicted molar refractivity (Wildman–Crippen MR) is 64.1 cm³/mol. The summed E-state index contributed by atoms with van der Waals surface area (Å²) < 4.78 is 9.93. The van der Waals surface area contributed by atoms with Gasteiger partial charge in [-0.05, 0) is 0 Å². The van der Waals surface area contributed by atoms with Crippen LogP contribution in [0.15, 0.2) is 12.3 Å². The van der Waals surface area contributed by atoms with Crippen LogP contribution in [0.4, 0.5) is 0 Å². The maximum atomic E-state index is 5.14. The van der Waals surface area contributed by atoms with Gasteiger partial charge in [0.25, 0.3) is 0 Å². The molecule has 0 aromatic rings.